The smallest absolute Gasteiger partial charge is 0.335 e. The number of thiophene rings is 1. The highest BCUT2D eigenvalue weighted by atomic mass is 32.1. The Morgan fingerprint density at radius 3 is 2.84 bits per heavy atom. The average molecular weight is 343 g/mol. The van der Waals surface area contributed by atoms with Gasteiger partial charge in [0.05, 0.1) is 16.8 Å². The topological polar surface area (TPSA) is 50.2 Å². The van der Waals surface area contributed by atoms with Crippen molar-refractivity contribution in [2.24, 2.45) is 0 Å². The SMILES string of the molecule is C#Cc1cccc(Cc2nc3cc(C(=O)O)ccc3c3sccc23)c1. The number of rotatable bonds is 3. The first-order valence-electron chi connectivity index (χ1n) is 7.74. The summed E-state index contributed by atoms with van der Waals surface area (Å²) in [4.78, 5) is 16.0. The molecule has 2 heterocycles. The average Bonchev–Trinajstić information content (AvgIpc) is 3.12. The van der Waals surface area contributed by atoms with E-state index in [0.29, 0.717) is 11.9 Å². The maximum Gasteiger partial charge on any atom is 0.335 e. The van der Waals surface area contributed by atoms with Gasteiger partial charge in [-0.1, -0.05) is 24.1 Å². The predicted octanol–water partition coefficient (Wildman–Crippen LogP) is 4.72. The van der Waals surface area contributed by atoms with Crippen LogP contribution in [0.3, 0.4) is 0 Å². The molecule has 4 rings (SSSR count). The number of carbonyl (C=O) groups is 1. The second kappa shape index (κ2) is 6.04. The van der Waals surface area contributed by atoms with Crippen LogP contribution in [0, 0.1) is 12.3 Å². The van der Waals surface area contributed by atoms with Crippen LogP contribution in [-0.4, -0.2) is 16.1 Å². The molecule has 0 bridgehead atoms. The molecule has 0 spiro atoms. The molecular weight excluding hydrogens is 330 g/mol. The van der Waals surface area contributed by atoms with Crippen LogP contribution >= 0.6 is 11.3 Å². The monoisotopic (exact) mass is 343 g/mol. The fraction of sp³-hybridized carbons (Fsp3) is 0.0476. The van der Waals surface area contributed by atoms with Crippen LogP contribution in [-0.2, 0) is 6.42 Å². The number of benzene rings is 2. The highest BCUT2D eigenvalue weighted by molar-refractivity contribution is 7.18. The van der Waals surface area contributed by atoms with E-state index in [0.717, 1.165) is 32.3 Å². The second-order valence-corrected chi connectivity index (χ2v) is 6.70. The molecular formula is C21H13NO2S. The summed E-state index contributed by atoms with van der Waals surface area (Å²) in [5.41, 5.74) is 3.81. The first-order valence-corrected chi connectivity index (χ1v) is 8.62. The number of fused-ring (bicyclic) bond motifs is 3. The van der Waals surface area contributed by atoms with E-state index in [9.17, 15) is 9.90 Å². The zero-order chi connectivity index (χ0) is 17.4. The van der Waals surface area contributed by atoms with E-state index in [1.165, 1.54) is 0 Å². The molecule has 0 amide bonds. The van der Waals surface area contributed by atoms with Gasteiger partial charge in [0.25, 0.3) is 0 Å². The van der Waals surface area contributed by atoms with Gasteiger partial charge in [0, 0.05) is 27.5 Å². The molecule has 2 aromatic heterocycles. The molecule has 4 heteroatoms. The van der Waals surface area contributed by atoms with Crippen molar-refractivity contribution in [3.63, 3.8) is 0 Å². The van der Waals surface area contributed by atoms with Crippen molar-refractivity contribution < 1.29 is 9.90 Å². The summed E-state index contributed by atoms with van der Waals surface area (Å²) >= 11 is 1.64. The first kappa shape index (κ1) is 15.4. The second-order valence-electron chi connectivity index (χ2n) is 5.78. The molecule has 0 aliphatic carbocycles. The zero-order valence-corrected chi connectivity index (χ0v) is 14.0. The van der Waals surface area contributed by atoms with Crippen molar-refractivity contribution in [3.05, 3.63) is 76.3 Å². The summed E-state index contributed by atoms with van der Waals surface area (Å²) in [5, 5.41) is 13.4. The lowest BCUT2D eigenvalue weighted by atomic mass is 10.0. The van der Waals surface area contributed by atoms with Gasteiger partial charge in [-0.05, 0) is 41.3 Å². The summed E-state index contributed by atoms with van der Waals surface area (Å²) in [6, 6.07) is 15.0. The van der Waals surface area contributed by atoms with Crippen LogP contribution in [0.25, 0.3) is 21.0 Å². The fourth-order valence-electron chi connectivity index (χ4n) is 3.00. The first-order chi connectivity index (χ1) is 12.2. The van der Waals surface area contributed by atoms with Gasteiger partial charge in [0.15, 0.2) is 0 Å². The molecule has 120 valence electrons. The third kappa shape index (κ3) is 2.75. The van der Waals surface area contributed by atoms with Crippen molar-refractivity contribution >= 4 is 38.3 Å². The molecule has 1 N–H and O–H groups in total. The fourth-order valence-corrected chi connectivity index (χ4v) is 3.95. The van der Waals surface area contributed by atoms with Gasteiger partial charge in [0.1, 0.15) is 0 Å². The van der Waals surface area contributed by atoms with Gasteiger partial charge in [0.2, 0.25) is 0 Å². The van der Waals surface area contributed by atoms with Crippen molar-refractivity contribution in [1.29, 1.82) is 0 Å². The number of nitrogens with zero attached hydrogens (tertiary/aromatic N) is 1. The van der Waals surface area contributed by atoms with E-state index in [-0.39, 0.29) is 5.56 Å². The van der Waals surface area contributed by atoms with Crippen LogP contribution in [0.15, 0.2) is 53.9 Å². The third-order valence-electron chi connectivity index (χ3n) is 4.19. The molecule has 0 fully saturated rings. The Balaban J connectivity index is 1.90. The van der Waals surface area contributed by atoms with E-state index in [1.54, 1.807) is 23.5 Å². The van der Waals surface area contributed by atoms with Gasteiger partial charge in [-0.25, -0.2) is 4.79 Å². The number of hydrogen-bond donors (Lipinski definition) is 1. The van der Waals surface area contributed by atoms with Crippen LogP contribution in [0.5, 0.6) is 0 Å². The molecule has 25 heavy (non-hydrogen) atoms. The van der Waals surface area contributed by atoms with Crippen molar-refractivity contribution in [3.8, 4) is 12.3 Å². The van der Waals surface area contributed by atoms with E-state index in [1.807, 2.05) is 35.7 Å². The molecule has 0 radical (unpaired) electrons. The molecule has 0 saturated heterocycles. The van der Waals surface area contributed by atoms with Crippen molar-refractivity contribution in [1.82, 2.24) is 4.98 Å². The number of aromatic nitrogens is 1. The molecule has 0 saturated carbocycles. The molecule has 0 unspecified atom stereocenters. The number of terminal acetylenes is 1. The predicted molar refractivity (Wildman–Crippen MR) is 101 cm³/mol. The Hall–Kier alpha value is -3.16. The minimum Gasteiger partial charge on any atom is -0.478 e. The lowest BCUT2D eigenvalue weighted by Gasteiger charge is -2.08. The normalized spacial score (nSPS) is 10.8. The number of pyridine rings is 1. The minimum atomic E-state index is -0.946. The molecule has 2 aromatic carbocycles. The van der Waals surface area contributed by atoms with Gasteiger partial charge >= 0.3 is 5.97 Å². The lowest BCUT2D eigenvalue weighted by Crippen LogP contribution is -1.98. The van der Waals surface area contributed by atoms with Crippen molar-refractivity contribution in [2.45, 2.75) is 6.42 Å². The van der Waals surface area contributed by atoms with Crippen molar-refractivity contribution in [2.75, 3.05) is 0 Å². The Morgan fingerprint density at radius 1 is 1.16 bits per heavy atom. The van der Waals surface area contributed by atoms with Gasteiger partial charge < -0.3 is 5.11 Å². The minimum absolute atomic E-state index is 0.246. The molecule has 0 atom stereocenters. The standard InChI is InChI=1S/C21H13NO2S/c1-2-13-4-3-5-14(10-13)11-18-17-8-9-25-20(17)16-7-6-15(21(23)24)12-19(16)22-18/h1,3-10,12H,11H2,(H,23,24). The Bertz CT molecular complexity index is 1170. The molecule has 0 aliphatic rings. The summed E-state index contributed by atoms with van der Waals surface area (Å²) < 4.78 is 1.13. The van der Waals surface area contributed by atoms with E-state index in [4.69, 9.17) is 11.4 Å². The number of carboxylic acid groups (broad SMARTS) is 1. The largest absolute Gasteiger partial charge is 0.478 e. The van der Waals surface area contributed by atoms with Crippen LogP contribution in [0.2, 0.25) is 0 Å². The Labute approximate surface area is 148 Å². The Morgan fingerprint density at radius 2 is 2.04 bits per heavy atom. The summed E-state index contributed by atoms with van der Waals surface area (Å²) in [5.74, 6) is 1.71. The molecule has 3 nitrogen and oxygen atoms in total. The van der Waals surface area contributed by atoms with Gasteiger partial charge in [-0.3, -0.25) is 4.98 Å². The summed E-state index contributed by atoms with van der Waals surface area (Å²) in [6.07, 6.45) is 6.13. The van der Waals surface area contributed by atoms with Gasteiger partial charge in [-0.2, -0.15) is 0 Å². The van der Waals surface area contributed by atoms with E-state index >= 15 is 0 Å². The number of aromatic carboxylic acids is 1. The number of carboxylic acids is 1. The van der Waals surface area contributed by atoms with E-state index < -0.39 is 5.97 Å². The third-order valence-corrected chi connectivity index (χ3v) is 5.13. The van der Waals surface area contributed by atoms with Crippen LogP contribution < -0.4 is 0 Å². The van der Waals surface area contributed by atoms with Crippen LogP contribution in [0.1, 0.15) is 27.2 Å². The maximum absolute atomic E-state index is 11.3. The van der Waals surface area contributed by atoms with E-state index in [2.05, 4.69) is 12.0 Å². The molecule has 4 aromatic rings. The van der Waals surface area contributed by atoms with Crippen LogP contribution in [0.4, 0.5) is 0 Å². The number of hydrogen-bond acceptors (Lipinski definition) is 3. The lowest BCUT2D eigenvalue weighted by molar-refractivity contribution is 0.0697. The summed E-state index contributed by atoms with van der Waals surface area (Å²) in [6.45, 7) is 0. The molecule has 0 aliphatic heterocycles. The highest BCUT2D eigenvalue weighted by Crippen LogP contribution is 2.32. The zero-order valence-electron chi connectivity index (χ0n) is 13.2. The highest BCUT2D eigenvalue weighted by Gasteiger charge is 2.12. The summed E-state index contributed by atoms with van der Waals surface area (Å²) in [7, 11) is 0. The maximum atomic E-state index is 11.3. The van der Waals surface area contributed by atoms with Gasteiger partial charge in [-0.15, -0.1) is 17.8 Å². The Kier molecular flexibility index (Phi) is 3.72. The quantitative estimate of drug-likeness (QED) is 0.548.